The van der Waals surface area contributed by atoms with Gasteiger partial charge in [-0.2, -0.15) is 0 Å². The van der Waals surface area contributed by atoms with E-state index in [2.05, 4.69) is 22.2 Å². The highest BCUT2D eigenvalue weighted by molar-refractivity contribution is 6.31. The zero-order valence-corrected chi connectivity index (χ0v) is 12.7. The van der Waals surface area contributed by atoms with Gasteiger partial charge < -0.3 is 10.1 Å². The van der Waals surface area contributed by atoms with Crippen LogP contribution in [-0.4, -0.2) is 17.0 Å². The summed E-state index contributed by atoms with van der Waals surface area (Å²) in [5.41, 5.74) is 1.97. The third-order valence-corrected chi connectivity index (χ3v) is 3.41. The highest BCUT2D eigenvalue weighted by Crippen LogP contribution is 2.29. The van der Waals surface area contributed by atoms with Crippen molar-refractivity contribution in [2.45, 2.75) is 26.7 Å². The van der Waals surface area contributed by atoms with Crippen LogP contribution >= 0.6 is 11.6 Å². The SMILES string of the molecule is CCCc1c(NC)ncnc1Oc1ccc(Cl)c(C)c1. The van der Waals surface area contributed by atoms with Gasteiger partial charge in [0.2, 0.25) is 5.88 Å². The number of aromatic nitrogens is 2. The molecule has 4 nitrogen and oxygen atoms in total. The molecule has 0 bridgehead atoms. The summed E-state index contributed by atoms with van der Waals surface area (Å²) >= 11 is 6.02. The average molecular weight is 292 g/mol. The fourth-order valence-corrected chi connectivity index (χ4v) is 2.08. The molecular formula is C15H18ClN3O. The van der Waals surface area contributed by atoms with Crippen molar-refractivity contribution in [1.29, 1.82) is 0 Å². The number of ether oxygens (including phenoxy) is 1. The number of halogens is 1. The van der Waals surface area contributed by atoms with Crippen LogP contribution in [0.5, 0.6) is 11.6 Å². The van der Waals surface area contributed by atoms with Crippen LogP contribution < -0.4 is 10.1 Å². The first-order valence-corrected chi connectivity index (χ1v) is 6.99. The third-order valence-electron chi connectivity index (χ3n) is 2.99. The second-order valence-corrected chi connectivity index (χ2v) is 4.93. The molecule has 5 heteroatoms. The maximum absolute atomic E-state index is 6.02. The molecule has 0 aliphatic heterocycles. The number of nitrogens with one attached hydrogen (secondary N) is 1. The lowest BCUT2D eigenvalue weighted by molar-refractivity contribution is 0.454. The van der Waals surface area contributed by atoms with Crippen molar-refractivity contribution >= 4 is 17.4 Å². The van der Waals surface area contributed by atoms with E-state index in [9.17, 15) is 0 Å². The Morgan fingerprint density at radius 3 is 2.75 bits per heavy atom. The molecule has 0 fully saturated rings. The Balaban J connectivity index is 2.34. The highest BCUT2D eigenvalue weighted by atomic mass is 35.5. The van der Waals surface area contributed by atoms with E-state index in [-0.39, 0.29) is 0 Å². The van der Waals surface area contributed by atoms with Crippen LogP contribution in [0.15, 0.2) is 24.5 Å². The summed E-state index contributed by atoms with van der Waals surface area (Å²) in [5, 5.41) is 3.80. The molecule has 0 saturated heterocycles. The van der Waals surface area contributed by atoms with Gasteiger partial charge in [-0.1, -0.05) is 24.9 Å². The second kappa shape index (κ2) is 6.57. The molecule has 106 valence electrons. The fourth-order valence-electron chi connectivity index (χ4n) is 1.97. The van der Waals surface area contributed by atoms with E-state index in [0.29, 0.717) is 5.88 Å². The number of hydrogen-bond donors (Lipinski definition) is 1. The monoisotopic (exact) mass is 291 g/mol. The predicted molar refractivity (Wildman–Crippen MR) is 81.8 cm³/mol. The minimum atomic E-state index is 0.591. The van der Waals surface area contributed by atoms with Gasteiger partial charge in [0, 0.05) is 12.1 Å². The second-order valence-electron chi connectivity index (χ2n) is 4.52. The van der Waals surface area contributed by atoms with Crippen LogP contribution in [0.4, 0.5) is 5.82 Å². The molecule has 0 unspecified atom stereocenters. The van der Waals surface area contributed by atoms with Gasteiger partial charge >= 0.3 is 0 Å². The van der Waals surface area contributed by atoms with Crippen LogP contribution in [0, 0.1) is 6.92 Å². The largest absolute Gasteiger partial charge is 0.439 e. The summed E-state index contributed by atoms with van der Waals surface area (Å²) in [6, 6.07) is 5.57. The van der Waals surface area contributed by atoms with E-state index in [1.807, 2.05) is 32.2 Å². The maximum Gasteiger partial charge on any atom is 0.227 e. The normalized spacial score (nSPS) is 10.4. The summed E-state index contributed by atoms with van der Waals surface area (Å²) in [4.78, 5) is 8.47. The van der Waals surface area contributed by atoms with E-state index < -0.39 is 0 Å². The van der Waals surface area contributed by atoms with Gasteiger partial charge in [-0.15, -0.1) is 0 Å². The van der Waals surface area contributed by atoms with E-state index >= 15 is 0 Å². The van der Waals surface area contributed by atoms with Gasteiger partial charge in [-0.05, 0) is 37.1 Å². The van der Waals surface area contributed by atoms with Crippen molar-refractivity contribution in [3.05, 3.63) is 40.7 Å². The van der Waals surface area contributed by atoms with Gasteiger partial charge in [0.25, 0.3) is 0 Å². The van der Waals surface area contributed by atoms with Gasteiger partial charge in [-0.25, -0.2) is 9.97 Å². The van der Waals surface area contributed by atoms with E-state index in [0.717, 1.165) is 40.6 Å². The lowest BCUT2D eigenvalue weighted by atomic mass is 10.1. The van der Waals surface area contributed by atoms with Crippen molar-refractivity contribution in [1.82, 2.24) is 9.97 Å². The summed E-state index contributed by atoms with van der Waals surface area (Å²) in [7, 11) is 1.84. The van der Waals surface area contributed by atoms with Crippen LogP contribution in [0.25, 0.3) is 0 Å². The molecule has 0 saturated carbocycles. The summed E-state index contributed by atoms with van der Waals surface area (Å²) in [5.74, 6) is 2.13. The smallest absolute Gasteiger partial charge is 0.227 e. The molecule has 0 amide bonds. The first kappa shape index (κ1) is 14.6. The standard InChI is InChI=1S/C15H18ClN3O/c1-4-5-12-14(17-3)18-9-19-15(12)20-11-6-7-13(16)10(2)8-11/h6-9H,4-5H2,1-3H3,(H,17,18,19). The Labute approximate surface area is 124 Å². The fraction of sp³-hybridized carbons (Fsp3) is 0.333. The molecule has 1 aromatic carbocycles. The number of benzene rings is 1. The van der Waals surface area contributed by atoms with E-state index in [1.165, 1.54) is 6.33 Å². The van der Waals surface area contributed by atoms with Crippen LogP contribution in [0.1, 0.15) is 24.5 Å². The molecule has 1 N–H and O–H groups in total. The predicted octanol–water partition coefficient (Wildman–Crippen LogP) is 4.22. The molecule has 20 heavy (non-hydrogen) atoms. The molecule has 0 spiro atoms. The van der Waals surface area contributed by atoms with Crippen molar-refractivity contribution in [2.75, 3.05) is 12.4 Å². The Bertz CT molecular complexity index is 602. The lowest BCUT2D eigenvalue weighted by Crippen LogP contribution is -2.03. The average Bonchev–Trinajstić information content (AvgIpc) is 2.45. The summed E-state index contributed by atoms with van der Waals surface area (Å²) in [6.45, 7) is 4.06. The van der Waals surface area contributed by atoms with Crippen molar-refractivity contribution in [3.8, 4) is 11.6 Å². The van der Waals surface area contributed by atoms with E-state index in [1.54, 1.807) is 0 Å². The van der Waals surface area contributed by atoms with Gasteiger partial charge in [0.1, 0.15) is 17.9 Å². The Morgan fingerprint density at radius 2 is 2.10 bits per heavy atom. The molecule has 2 rings (SSSR count). The summed E-state index contributed by atoms with van der Waals surface area (Å²) < 4.78 is 5.89. The maximum atomic E-state index is 6.02. The molecule has 2 aromatic rings. The minimum absolute atomic E-state index is 0.591. The van der Waals surface area contributed by atoms with E-state index in [4.69, 9.17) is 16.3 Å². The third kappa shape index (κ3) is 3.20. The zero-order chi connectivity index (χ0) is 14.5. The molecule has 0 atom stereocenters. The Kier molecular flexibility index (Phi) is 4.79. The van der Waals surface area contributed by atoms with Crippen LogP contribution in [0.2, 0.25) is 5.02 Å². The Hall–Kier alpha value is -1.81. The Morgan fingerprint density at radius 1 is 1.30 bits per heavy atom. The molecule has 1 heterocycles. The number of anilines is 1. The first-order valence-electron chi connectivity index (χ1n) is 6.61. The van der Waals surface area contributed by atoms with Crippen LogP contribution in [0.3, 0.4) is 0 Å². The van der Waals surface area contributed by atoms with Gasteiger partial charge in [0.15, 0.2) is 0 Å². The van der Waals surface area contributed by atoms with Crippen LogP contribution in [-0.2, 0) is 6.42 Å². The molecular weight excluding hydrogens is 274 g/mol. The minimum Gasteiger partial charge on any atom is -0.439 e. The quantitative estimate of drug-likeness (QED) is 0.896. The number of rotatable bonds is 5. The number of hydrogen-bond acceptors (Lipinski definition) is 4. The zero-order valence-electron chi connectivity index (χ0n) is 11.9. The topological polar surface area (TPSA) is 47.0 Å². The van der Waals surface area contributed by atoms with Gasteiger partial charge in [-0.3, -0.25) is 0 Å². The molecule has 0 aliphatic rings. The number of aryl methyl sites for hydroxylation is 1. The van der Waals surface area contributed by atoms with Crippen molar-refractivity contribution < 1.29 is 4.74 Å². The first-order chi connectivity index (χ1) is 9.65. The van der Waals surface area contributed by atoms with Crippen molar-refractivity contribution in [2.24, 2.45) is 0 Å². The highest BCUT2D eigenvalue weighted by Gasteiger charge is 2.12. The summed E-state index contributed by atoms with van der Waals surface area (Å²) in [6.07, 6.45) is 3.36. The number of nitrogens with zero attached hydrogens (tertiary/aromatic N) is 2. The molecule has 0 radical (unpaired) electrons. The van der Waals surface area contributed by atoms with Gasteiger partial charge in [0.05, 0.1) is 5.56 Å². The van der Waals surface area contributed by atoms with Crippen molar-refractivity contribution in [3.63, 3.8) is 0 Å². The molecule has 1 aromatic heterocycles. The molecule has 0 aliphatic carbocycles. The lowest BCUT2D eigenvalue weighted by Gasteiger charge is -2.13.